The van der Waals surface area contributed by atoms with Crippen LogP contribution in [0.5, 0.6) is 0 Å². The predicted molar refractivity (Wildman–Crippen MR) is 74.5 cm³/mol. The largest absolute Gasteiger partial charge is 0.377 e. The number of fused-ring (bicyclic) bond motifs is 1. The molecular formula is C15H13F2N3. The molecule has 0 fully saturated rings. The van der Waals surface area contributed by atoms with Gasteiger partial charge in [-0.25, -0.2) is 8.78 Å². The Hall–Kier alpha value is -2.43. The van der Waals surface area contributed by atoms with Crippen molar-refractivity contribution in [3.63, 3.8) is 0 Å². The van der Waals surface area contributed by atoms with E-state index in [1.165, 1.54) is 18.2 Å². The minimum absolute atomic E-state index is 0.0315. The SMILES string of the molecule is CC(Nc1cccc2cn[nH]c12)c1c(F)cccc1F. The number of hydrogen-bond acceptors (Lipinski definition) is 2. The summed E-state index contributed by atoms with van der Waals surface area (Å²) in [5.41, 5.74) is 1.61. The molecule has 3 nitrogen and oxygen atoms in total. The normalized spacial score (nSPS) is 12.6. The molecule has 0 radical (unpaired) electrons. The maximum absolute atomic E-state index is 13.8. The van der Waals surface area contributed by atoms with Gasteiger partial charge in [0.25, 0.3) is 0 Å². The molecule has 0 aliphatic rings. The molecule has 0 saturated carbocycles. The second kappa shape index (κ2) is 4.92. The second-order valence-electron chi connectivity index (χ2n) is 4.64. The molecule has 20 heavy (non-hydrogen) atoms. The highest BCUT2D eigenvalue weighted by atomic mass is 19.1. The van der Waals surface area contributed by atoms with Crippen LogP contribution in [0.1, 0.15) is 18.5 Å². The van der Waals surface area contributed by atoms with Gasteiger partial charge in [0.2, 0.25) is 0 Å². The zero-order valence-corrected chi connectivity index (χ0v) is 10.8. The van der Waals surface area contributed by atoms with Crippen molar-refractivity contribution in [2.45, 2.75) is 13.0 Å². The standard InChI is InChI=1S/C15H13F2N3/c1-9(14-11(16)5-3-6-12(14)17)19-13-7-2-4-10-8-18-20-15(10)13/h2-9,19H,1H3,(H,18,20). The number of aromatic nitrogens is 2. The molecule has 3 rings (SSSR count). The first-order valence-electron chi connectivity index (χ1n) is 6.29. The minimum atomic E-state index is -0.554. The van der Waals surface area contributed by atoms with Crippen LogP contribution < -0.4 is 5.32 Å². The molecule has 1 unspecified atom stereocenters. The van der Waals surface area contributed by atoms with Gasteiger partial charge in [-0.3, -0.25) is 5.10 Å². The lowest BCUT2D eigenvalue weighted by molar-refractivity contribution is 0.544. The van der Waals surface area contributed by atoms with Gasteiger partial charge in [0.05, 0.1) is 23.4 Å². The number of halogens is 2. The molecule has 1 aromatic heterocycles. The van der Waals surface area contributed by atoms with E-state index < -0.39 is 17.7 Å². The van der Waals surface area contributed by atoms with Crippen molar-refractivity contribution in [2.24, 2.45) is 0 Å². The average Bonchev–Trinajstić information content (AvgIpc) is 2.88. The summed E-state index contributed by atoms with van der Waals surface area (Å²) < 4.78 is 27.5. The molecule has 102 valence electrons. The molecule has 0 spiro atoms. The van der Waals surface area contributed by atoms with Crippen molar-refractivity contribution in [3.8, 4) is 0 Å². The van der Waals surface area contributed by atoms with E-state index in [1.54, 1.807) is 13.1 Å². The summed E-state index contributed by atoms with van der Waals surface area (Å²) in [6, 6.07) is 9.00. The van der Waals surface area contributed by atoms with Crippen molar-refractivity contribution in [2.75, 3.05) is 5.32 Å². The van der Waals surface area contributed by atoms with Crippen molar-refractivity contribution in [1.29, 1.82) is 0 Å². The number of H-pyrrole nitrogens is 1. The molecule has 0 saturated heterocycles. The highest BCUT2D eigenvalue weighted by Crippen LogP contribution is 2.27. The summed E-state index contributed by atoms with van der Waals surface area (Å²) in [6.07, 6.45) is 1.70. The molecule has 2 aromatic carbocycles. The minimum Gasteiger partial charge on any atom is -0.377 e. The summed E-state index contributed by atoms with van der Waals surface area (Å²) in [5.74, 6) is -1.11. The Bertz CT molecular complexity index is 731. The molecule has 0 aliphatic carbocycles. The maximum Gasteiger partial charge on any atom is 0.131 e. The topological polar surface area (TPSA) is 40.7 Å². The van der Waals surface area contributed by atoms with Crippen molar-refractivity contribution in [3.05, 3.63) is 59.8 Å². The van der Waals surface area contributed by atoms with E-state index >= 15 is 0 Å². The van der Waals surface area contributed by atoms with E-state index in [1.807, 2.05) is 18.2 Å². The molecule has 0 aliphatic heterocycles. The summed E-state index contributed by atoms with van der Waals surface area (Å²) in [7, 11) is 0. The Morgan fingerprint density at radius 3 is 2.55 bits per heavy atom. The van der Waals surface area contributed by atoms with Crippen molar-refractivity contribution >= 4 is 16.6 Å². The van der Waals surface area contributed by atoms with Gasteiger partial charge >= 0.3 is 0 Å². The fraction of sp³-hybridized carbons (Fsp3) is 0.133. The maximum atomic E-state index is 13.8. The fourth-order valence-electron chi connectivity index (χ4n) is 2.32. The van der Waals surface area contributed by atoms with Gasteiger partial charge in [-0.1, -0.05) is 18.2 Å². The van der Waals surface area contributed by atoms with Gasteiger partial charge < -0.3 is 5.32 Å². The monoisotopic (exact) mass is 273 g/mol. The Kier molecular flexibility index (Phi) is 3.10. The molecule has 2 N–H and O–H groups in total. The Labute approximate surface area is 114 Å². The highest BCUT2D eigenvalue weighted by Gasteiger charge is 2.16. The van der Waals surface area contributed by atoms with E-state index in [9.17, 15) is 8.78 Å². The summed E-state index contributed by atoms with van der Waals surface area (Å²) in [6.45, 7) is 1.72. The van der Waals surface area contributed by atoms with E-state index in [0.29, 0.717) is 0 Å². The lowest BCUT2D eigenvalue weighted by Gasteiger charge is -2.17. The first kappa shape index (κ1) is 12.6. The van der Waals surface area contributed by atoms with Crippen molar-refractivity contribution < 1.29 is 8.78 Å². The third-order valence-electron chi connectivity index (χ3n) is 3.28. The van der Waals surface area contributed by atoms with Gasteiger partial charge in [-0.05, 0) is 25.1 Å². The number of benzene rings is 2. The van der Waals surface area contributed by atoms with E-state index in [-0.39, 0.29) is 5.56 Å². The Morgan fingerprint density at radius 1 is 1.10 bits per heavy atom. The van der Waals surface area contributed by atoms with E-state index in [2.05, 4.69) is 15.5 Å². The smallest absolute Gasteiger partial charge is 0.131 e. The molecule has 3 aromatic rings. The van der Waals surface area contributed by atoms with E-state index in [4.69, 9.17) is 0 Å². The number of anilines is 1. The van der Waals surface area contributed by atoms with Crippen LogP contribution in [0.3, 0.4) is 0 Å². The molecule has 0 bridgehead atoms. The zero-order chi connectivity index (χ0) is 14.1. The first-order valence-corrected chi connectivity index (χ1v) is 6.29. The second-order valence-corrected chi connectivity index (χ2v) is 4.64. The third kappa shape index (κ3) is 2.11. The average molecular weight is 273 g/mol. The first-order chi connectivity index (χ1) is 9.66. The van der Waals surface area contributed by atoms with Gasteiger partial charge in [-0.15, -0.1) is 0 Å². The van der Waals surface area contributed by atoms with Crippen LogP contribution in [0.25, 0.3) is 10.9 Å². The quantitative estimate of drug-likeness (QED) is 0.756. The molecule has 0 amide bonds. The summed E-state index contributed by atoms with van der Waals surface area (Å²) >= 11 is 0. The van der Waals surface area contributed by atoms with Gasteiger partial charge in [0.1, 0.15) is 11.6 Å². The number of rotatable bonds is 3. The summed E-state index contributed by atoms with van der Waals surface area (Å²) in [4.78, 5) is 0. The third-order valence-corrected chi connectivity index (χ3v) is 3.28. The molecular weight excluding hydrogens is 260 g/mol. The van der Waals surface area contributed by atoms with Crippen LogP contribution in [0.2, 0.25) is 0 Å². The van der Waals surface area contributed by atoms with Crippen LogP contribution >= 0.6 is 0 Å². The number of aromatic amines is 1. The Morgan fingerprint density at radius 2 is 1.80 bits per heavy atom. The lowest BCUT2D eigenvalue weighted by atomic mass is 10.1. The highest BCUT2D eigenvalue weighted by molar-refractivity contribution is 5.90. The van der Waals surface area contributed by atoms with E-state index in [0.717, 1.165) is 16.6 Å². The number of nitrogens with zero attached hydrogens (tertiary/aromatic N) is 1. The lowest BCUT2D eigenvalue weighted by Crippen LogP contribution is -2.11. The number of hydrogen-bond donors (Lipinski definition) is 2. The van der Waals surface area contributed by atoms with Gasteiger partial charge in [-0.2, -0.15) is 5.10 Å². The molecule has 5 heteroatoms. The van der Waals surface area contributed by atoms with Gasteiger partial charge in [0, 0.05) is 10.9 Å². The van der Waals surface area contributed by atoms with Crippen LogP contribution in [-0.4, -0.2) is 10.2 Å². The Balaban J connectivity index is 1.97. The van der Waals surface area contributed by atoms with Gasteiger partial charge in [0.15, 0.2) is 0 Å². The molecule has 1 heterocycles. The number of nitrogens with one attached hydrogen (secondary N) is 2. The number of para-hydroxylation sites is 1. The zero-order valence-electron chi connectivity index (χ0n) is 10.8. The van der Waals surface area contributed by atoms with Crippen LogP contribution in [0.4, 0.5) is 14.5 Å². The molecule has 1 atom stereocenters. The predicted octanol–water partition coefficient (Wildman–Crippen LogP) is 4.01. The van der Waals surface area contributed by atoms with Crippen LogP contribution in [0.15, 0.2) is 42.6 Å². The van der Waals surface area contributed by atoms with Crippen molar-refractivity contribution in [1.82, 2.24) is 10.2 Å². The van der Waals surface area contributed by atoms with Crippen LogP contribution in [0, 0.1) is 11.6 Å². The van der Waals surface area contributed by atoms with Crippen LogP contribution in [-0.2, 0) is 0 Å². The fourth-order valence-corrected chi connectivity index (χ4v) is 2.32. The summed E-state index contributed by atoms with van der Waals surface area (Å²) in [5, 5.41) is 10.9.